The Morgan fingerprint density at radius 2 is 1.80 bits per heavy atom. The Hall–Kier alpha value is -3.21. The van der Waals surface area contributed by atoms with Crippen LogP contribution in [0.2, 0.25) is 0 Å². The molecule has 0 amide bonds. The minimum atomic E-state index is 0.150. The van der Waals surface area contributed by atoms with Gasteiger partial charge in [0.1, 0.15) is 0 Å². The number of carbonyl (C=O) groups is 1. The van der Waals surface area contributed by atoms with E-state index in [2.05, 4.69) is 27.2 Å². The number of rotatable bonds is 2. The van der Waals surface area contributed by atoms with E-state index in [1.54, 1.807) is 10.9 Å². The van der Waals surface area contributed by atoms with Gasteiger partial charge in [0.15, 0.2) is 5.78 Å². The highest BCUT2D eigenvalue weighted by molar-refractivity contribution is 5.98. The summed E-state index contributed by atoms with van der Waals surface area (Å²) in [5.74, 6) is 0.988. The Balaban J connectivity index is 1.60. The summed E-state index contributed by atoms with van der Waals surface area (Å²) in [6.45, 7) is 0. The topological polar surface area (TPSA) is 63.6 Å². The van der Waals surface area contributed by atoms with Crippen molar-refractivity contribution in [2.24, 2.45) is 0 Å². The smallest absolute Gasteiger partial charge is 0.229 e. The van der Waals surface area contributed by atoms with Gasteiger partial charge in [-0.25, -0.2) is 9.67 Å². The lowest BCUT2D eigenvalue weighted by Gasteiger charge is -2.22. The number of H-pyrrole nitrogens is 1. The molecule has 0 saturated carbocycles. The summed E-state index contributed by atoms with van der Waals surface area (Å²) in [6.07, 6.45) is 2.98. The molecule has 1 aliphatic rings. The van der Waals surface area contributed by atoms with Crippen LogP contribution in [0.3, 0.4) is 0 Å². The molecule has 25 heavy (non-hydrogen) atoms. The van der Waals surface area contributed by atoms with Gasteiger partial charge in [-0.05, 0) is 30.0 Å². The zero-order chi connectivity index (χ0) is 16.8. The number of imidazole rings is 1. The Kier molecular flexibility index (Phi) is 3.06. The van der Waals surface area contributed by atoms with Gasteiger partial charge in [-0.1, -0.05) is 42.5 Å². The second kappa shape index (κ2) is 5.41. The molecule has 122 valence electrons. The zero-order valence-electron chi connectivity index (χ0n) is 13.5. The first-order valence-electron chi connectivity index (χ1n) is 8.40. The molecule has 1 N–H and O–H groups in total. The van der Waals surface area contributed by atoms with Crippen molar-refractivity contribution in [2.45, 2.75) is 18.8 Å². The molecule has 2 heterocycles. The van der Waals surface area contributed by atoms with E-state index in [0.717, 1.165) is 23.1 Å². The molecule has 4 aromatic rings. The summed E-state index contributed by atoms with van der Waals surface area (Å²) in [5, 5.41) is 4.44. The number of Topliss-reactive ketones (excluding diaryl/α,β-unsaturated/α-hetero) is 1. The predicted octanol–water partition coefficient (Wildman–Crippen LogP) is 3.66. The molecular formula is C20H16N4O. The maximum Gasteiger partial charge on any atom is 0.229 e. The number of fused-ring (bicyclic) bond motifs is 2. The molecule has 0 saturated heterocycles. The number of para-hydroxylation sites is 2. The van der Waals surface area contributed by atoms with Crippen LogP contribution in [0.1, 0.15) is 34.0 Å². The van der Waals surface area contributed by atoms with Crippen LogP contribution in [0.5, 0.6) is 0 Å². The van der Waals surface area contributed by atoms with Crippen LogP contribution < -0.4 is 0 Å². The number of aromatic amines is 1. The molecule has 1 aliphatic carbocycles. The Labute approximate surface area is 144 Å². The molecular weight excluding hydrogens is 312 g/mol. The number of benzene rings is 2. The fourth-order valence-corrected chi connectivity index (χ4v) is 3.63. The van der Waals surface area contributed by atoms with E-state index in [1.807, 2.05) is 42.5 Å². The molecule has 5 heteroatoms. The third kappa shape index (κ3) is 2.28. The van der Waals surface area contributed by atoms with Crippen molar-refractivity contribution in [2.75, 3.05) is 0 Å². The van der Waals surface area contributed by atoms with Crippen LogP contribution in [0.15, 0.2) is 60.8 Å². The Morgan fingerprint density at radius 1 is 1.00 bits per heavy atom. The number of hydrogen-bond acceptors (Lipinski definition) is 3. The third-order valence-corrected chi connectivity index (χ3v) is 4.89. The van der Waals surface area contributed by atoms with Gasteiger partial charge in [0.25, 0.3) is 0 Å². The molecule has 1 atom stereocenters. The van der Waals surface area contributed by atoms with E-state index in [-0.39, 0.29) is 11.7 Å². The average molecular weight is 328 g/mol. The molecule has 0 bridgehead atoms. The van der Waals surface area contributed by atoms with Crippen LogP contribution in [0.4, 0.5) is 0 Å². The maximum absolute atomic E-state index is 12.6. The summed E-state index contributed by atoms with van der Waals surface area (Å²) in [4.78, 5) is 20.5. The molecule has 2 aromatic heterocycles. The lowest BCUT2D eigenvalue weighted by molar-refractivity contribution is 0.0963. The first-order valence-corrected chi connectivity index (χ1v) is 8.40. The SMILES string of the molecule is O=C1C[C@@H](c2ccccc2)Cc2c1cnn2-c1nc2ccccc2[nH]1. The molecule has 0 radical (unpaired) electrons. The van der Waals surface area contributed by atoms with Crippen LogP contribution in [0.25, 0.3) is 17.0 Å². The molecule has 0 spiro atoms. The Morgan fingerprint density at radius 3 is 2.64 bits per heavy atom. The van der Waals surface area contributed by atoms with Crippen molar-refractivity contribution in [1.82, 2.24) is 19.7 Å². The van der Waals surface area contributed by atoms with E-state index in [4.69, 9.17) is 0 Å². The number of nitrogens with one attached hydrogen (secondary N) is 1. The van der Waals surface area contributed by atoms with Gasteiger partial charge in [-0.3, -0.25) is 4.79 Å². The zero-order valence-corrected chi connectivity index (χ0v) is 13.5. The first-order chi connectivity index (χ1) is 12.3. The summed E-state index contributed by atoms with van der Waals surface area (Å²) in [7, 11) is 0. The van der Waals surface area contributed by atoms with Gasteiger partial charge in [0.05, 0.1) is 28.5 Å². The number of nitrogens with zero attached hydrogens (tertiary/aromatic N) is 3. The van der Waals surface area contributed by atoms with Crippen molar-refractivity contribution in [3.8, 4) is 5.95 Å². The van der Waals surface area contributed by atoms with Crippen LogP contribution >= 0.6 is 0 Å². The monoisotopic (exact) mass is 328 g/mol. The van der Waals surface area contributed by atoms with Gasteiger partial charge >= 0.3 is 0 Å². The second-order valence-corrected chi connectivity index (χ2v) is 6.43. The summed E-state index contributed by atoms with van der Waals surface area (Å²) < 4.78 is 1.78. The number of hydrogen-bond donors (Lipinski definition) is 1. The van der Waals surface area contributed by atoms with Crippen molar-refractivity contribution in [3.05, 3.63) is 77.6 Å². The Bertz CT molecular complexity index is 1040. The van der Waals surface area contributed by atoms with Gasteiger partial charge in [0.2, 0.25) is 5.95 Å². The minimum Gasteiger partial charge on any atom is -0.322 e. The van der Waals surface area contributed by atoms with Gasteiger partial charge in [-0.2, -0.15) is 5.10 Å². The van der Waals surface area contributed by atoms with Gasteiger partial charge < -0.3 is 4.98 Å². The normalized spacial score (nSPS) is 17.0. The molecule has 0 aliphatic heterocycles. The van der Waals surface area contributed by atoms with Gasteiger partial charge in [0, 0.05) is 6.42 Å². The molecule has 0 unspecified atom stereocenters. The van der Waals surface area contributed by atoms with Crippen molar-refractivity contribution in [3.63, 3.8) is 0 Å². The standard InChI is InChI=1S/C20H16N4O/c25-19-11-14(13-6-2-1-3-7-13)10-18-15(19)12-21-24(18)20-22-16-8-4-5-9-17(16)23-20/h1-9,12,14H,10-11H2,(H,22,23)/t14-/m0/s1. The van der Waals surface area contributed by atoms with Crippen molar-refractivity contribution < 1.29 is 4.79 Å². The lowest BCUT2D eigenvalue weighted by atomic mass is 9.82. The largest absolute Gasteiger partial charge is 0.322 e. The third-order valence-electron chi connectivity index (χ3n) is 4.89. The lowest BCUT2D eigenvalue weighted by Crippen LogP contribution is -2.20. The van der Waals surface area contributed by atoms with Gasteiger partial charge in [-0.15, -0.1) is 0 Å². The number of carbonyl (C=O) groups excluding carboxylic acids is 1. The van der Waals surface area contributed by atoms with Crippen molar-refractivity contribution >= 4 is 16.8 Å². The summed E-state index contributed by atoms with van der Waals surface area (Å²) >= 11 is 0. The summed E-state index contributed by atoms with van der Waals surface area (Å²) in [6, 6.07) is 18.1. The fourth-order valence-electron chi connectivity index (χ4n) is 3.63. The minimum absolute atomic E-state index is 0.150. The van der Waals surface area contributed by atoms with Crippen LogP contribution in [0, 0.1) is 0 Å². The quantitative estimate of drug-likeness (QED) is 0.611. The first kappa shape index (κ1) is 14.2. The van der Waals surface area contributed by atoms with Crippen LogP contribution in [-0.2, 0) is 6.42 Å². The highest BCUT2D eigenvalue weighted by Crippen LogP contribution is 2.33. The second-order valence-electron chi connectivity index (χ2n) is 6.43. The maximum atomic E-state index is 12.6. The average Bonchev–Trinajstić information content (AvgIpc) is 3.26. The highest BCUT2D eigenvalue weighted by Gasteiger charge is 2.30. The predicted molar refractivity (Wildman–Crippen MR) is 95.1 cm³/mol. The van der Waals surface area contributed by atoms with E-state index < -0.39 is 0 Å². The van der Waals surface area contributed by atoms with E-state index in [9.17, 15) is 4.79 Å². The molecule has 2 aromatic carbocycles. The molecule has 0 fully saturated rings. The van der Waals surface area contributed by atoms with E-state index >= 15 is 0 Å². The molecule has 5 nitrogen and oxygen atoms in total. The molecule has 5 rings (SSSR count). The highest BCUT2D eigenvalue weighted by atomic mass is 16.1. The number of ketones is 1. The van der Waals surface area contributed by atoms with Crippen molar-refractivity contribution in [1.29, 1.82) is 0 Å². The number of aromatic nitrogens is 4. The van der Waals surface area contributed by atoms with E-state index in [0.29, 0.717) is 17.9 Å². The summed E-state index contributed by atoms with van der Waals surface area (Å²) in [5.41, 5.74) is 4.70. The van der Waals surface area contributed by atoms with Crippen LogP contribution in [-0.4, -0.2) is 25.5 Å². The fraction of sp³-hybridized carbons (Fsp3) is 0.150. The van der Waals surface area contributed by atoms with E-state index in [1.165, 1.54) is 5.56 Å².